The molecule has 0 saturated carbocycles. The van der Waals surface area contributed by atoms with Crippen molar-refractivity contribution in [1.82, 2.24) is 15.8 Å². The van der Waals surface area contributed by atoms with Gasteiger partial charge in [0.1, 0.15) is 6.04 Å². The standard InChI is InChI=1S/C11H23N3O2/c1-5-7-8-10(13-9(3)15)11(16)14(6-2)12-4/h10,12H,5-8H2,1-4H3,(H,13,15). The molecule has 0 aliphatic heterocycles. The number of carbonyl (C=O) groups is 2. The highest BCUT2D eigenvalue weighted by Gasteiger charge is 2.22. The molecule has 0 fully saturated rings. The van der Waals surface area contributed by atoms with Crippen LogP contribution in [0.25, 0.3) is 0 Å². The van der Waals surface area contributed by atoms with Gasteiger partial charge in [0.2, 0.25) is 5.91 Å². The summed E-state index contributed by atoms with van der Waals surface area (Å²) in [7, 11) is 1.70. The highest BCUT2D eigenvalue weighted by molar-refractivity contribution is 5.86. The highest BCUT2D eigenvalue weighted by atomic mass is 16.2. The third-order valence-electron chi connectivity index (χ3n) is 2.37. The molecule has 0 aliphatic carbocycles. The van der Waals surface area contributed by atoms with Crippen molar-refractivity contribution in [3.8, 4) is 0 Å². The largest absolute Gasteiger partial charge is 0.344 e. The minimum absolute atomic E-state index is 0.0753. The third kappa shape index (κ3) is 5.11. The van der Waals surface area contributed by atoms with E-state index in [4.69, 9.17) is 0 Å². The lowest BCUT2D eigenvalue weighted by molar-refractivity contribution is -0.138. The van der Waals surface area contributed by atoms with Crippen LogP contribution in [0.1, 0.15) is 40.0 Å². The second-order valence-electron chi connectivity index (χ2n) is 3.70. The summed E-state index contributed by atoms with van der Waals surface area (Å²) in [5.74, 6) is -0.241. The number of nitrogens with zero attached hydrogens (tertiary/aromatic N) is 1. The van der Waals surface area contributed by atoms with Crippen molar-refractivity contribution < 1.29 is 9.59 Å². The number of hydrogen-bond donors (Lipinski definition) is 2. The second-order valence-corrected chi connectivity index (χ2v) is 3.70. The van der Waals surface area contributed by atoms with Gasteiger partial charge in [-0.05, 0) is 13.3 Å². The van der Waals surface area contributed by atoms with Crippen molar-refractivity contribution in [2.75, 3.05) is 13.6 Å². The van der Waals surface area contributed by atoms with Gasteiger partial charge in [0.15, 0.2) is 0 Å². The average molecular weight is 229 g/mol. The molecule has 0 aromatic heterocycles. The molecule has 1 unspecified atom stereocenters. The van der Waals surface area contributed by atoms with Crippen molar-refractivity contribution in [3.63, 3.8) is 0 Å². The maximum Gasteiger partial charge on any atom is 0.259 e. The number of hydrazine groups is 1. The third-order valence-corrected chi connectivity index (χ3v) is 2.37. The predicted octanol–water partition coefficient (Wildman–Crippen LogP) is 0.664. The molecular formula is C11H23N3O2. The molecule has 0 bridgehead atoms. The Kier molecular flexibility index (Phi) is 7.54. The van der Waals surface area contributed by atoms with E-state index in [9.17, 15) is 9.59 Å². The number of hydrogen-bond acceptors (Lipinski definition) is 3. The summed E-state index contributed by atoms with van der Waals surface area (Å²) in [5.41, 5.74) is 2.81. The van der Waals surface area contributed by atoms with Crippen LogP contribution in [0.2, 0.25) is 0 Å². The molecule has 16 heavy (non-hydrogen) atoms. The molecule has 5 heteroatoms. The molecule has 0 radical (unpaired) electrons. The number of nitrogens with one attached hydrogen (secondary N) is 2. The first kappa shape index (κ1) is 14.9. The van der Waals surface area contributed by atoms with Crippen LogP contribution in [-0.2, 0) is 9.59 Å². The van der Waals surface area contributed by atoms with Crippen LogP contribution in [0.4, 0.5) is 0 Å². The zero-order chi connectivity index (χ0) is 12.6. The van der Waals surface area contributed by atoms with Gasteiger partial charge in [-0.25, -0.2) is 5.43 Å². The van der Waals surface area contributed by atoms with E-state index in [0.29, 0.717) is 13.0 Å². The van der Waals surface area contributed by atoms with Gasteiger partial charge in [0.25, 0.3) is 5.91 Å². The summed E-state index contributed by atoms with van der Waals surface area (Å²) in [4.78, 5) is 23.0. The summed E-state index contributed by atoms with van der Waals surface area (Å²) >= 11 is 0. The Labute approximate surface area is 97.5 Å². The maximum absolute atomic E-state index is 12.0. The molecule has 0 aliphatic rings. The van der Waals surface area contributed by atoms with Gasteiger partial charge in [-0.2, -0.15) is 0 Å². The Hall–Kier alpha value is -1.10. The molecule has 0 saturated heterocycles. The summed E-state index contributed by atoms with van der Waals surface area (Å²) in [5, 5.41) is 4.20. The molecule has 2 amide bonds. The molecule has 0 rings (SSSR count). The normalized spacial score (nSPS) is 12.0. The fourth-order valence-electron chi connectivity index (χ4n) is 1.52. The number of rotatable bonds is 7. The smallest absolute Gasteiger partial charge is 0.259 e. The fraction of sp³-hybridized carbons (Fsp3) is 0.818. The molecule has 2 N–H and O–H groups in total. The Morgan fingerprint density at radius 2 is 1.94 bits per heavy atom. The van der Waals surface area contributed by atoms with Gasteiger partial charge in [0, 0.05) is 20.5 Å². The zero-order valence-electron chi connectivity index (χ0n) is 10.7. The number of unbranched alkanes of at least 4 members (excludes halogenated alkanes) is 1. The van der Waals surface area contributed by atoms with Crippen molar-refractivity contribution in [3.05, 3.63) is 0 Å². The topological polar surface area (TPSA) is 61.4 Å². The van der Waals surface area contributed by atoms with Gasteiger partial charge in [-0.15, -0.1) is 0 Å². The molecule has 5 nitrogen and oxygen atoms in total. The minimum atomic E-state index is -0.412. The van der Waals surface area contributed by atoms with E-state index in [2.05, 4.69) is 17.7 Å². The lowest BCUT2D eigenvalue weighted by Gasteiger charge is -2.25. The van der Waals surface area contributed by atoms with Crippen LogP contribution in [0.15, 0.2) is 0 Å². The number of carbonyl (C=O) groups excluding carboxylic acids is 2. The molecule has 1 atom stereocenters. The van der Waals surface area contributed by atoms with Crippen molar-refractivity contribution in [2.45, 2.75) is 46.1 Å². The lowest BCUT2D eigenvalue weighted by Crippen LogP contribution is -2.51. The summed E-state index contributed by atoms with van der Waals surface area (Å²) in [6.07, 6.45) is 2.63. The zero-order valence-corrected chi connectivity index (χ0v) is 10.7. The number of amides is 2. The molecule has 0 aromatic rings. The van der Waals surface area contributed by atoms with Gasteiger partial charge in [-0.1, -0.05) is 19.8 Å². The summed E-state index contributed by atoms with van der Waals surface area (Å²) < 4.78 is 0. The Morgan fingerprint density at radius 1 is 1.31 bits per heavy atom. The van der Waals surface area contributed by atoms with Crippen LogP contribution < -0.4 is 10.7 Å². The van der Waals surface area contributed by atoms with Crippen LogP contribution in [0.3, 0.4) is 0 Å². The van der Waals surface area contributed by atoms with Gasteiger partial charge in [0.05, 0.1) is 0 Å². The van der Waals surface area contributed by atoms with Crippen molar-refractivity contribution >= 4 is 11.8 Å². The first-order valence-corrected chi connectivity index (χ1v) is 5.82. The molecule has 0 aromatic carbocycles. The maximum atomic E-state index is 12.0. The van der Waals surface area contributed by atoms with Crippen molar-refractivity contribution in [1.29, 1.82) is 0 Å². The minimum Gasteiger partial charge on any atom is -0.344 e. The van der Waals surface area contributed by atoms with Gasteiger partial charge >= 0.3 is 0 Å². The fourth-order valence-corrected chi connectivity index (χ4v) is 1.52. The van der Waals surface area contributed by atoms with Crippen LogP contribution in [0, 0.1) is 0 Å². The average Bonchev–Trinajstić information content (AvgIpc) is 2.25. The quantitative estimate of drug-likeness (QED) is 0.631. The van der Waals surface area contributed by atoms with E-state index in [-0.39, 0.29) is 11.8 Å². The lowest BCUT2D eigenvalue weighted by atomic mass is 10.1. The van der Waals surface area contributed by atoms with Crippen LogP contribution in [0.5, 0.6) is 0 Å². The first-order valence-electron chi connectivity index (χ1n) is 5.82. The molecule has 0 spiro atoms. The molecule has 0 heterocycles. The summed E-state index contributed by atoms with van der Waals surface area (Å²) in [6.45, 7) is 5.96. The van der Waals surface area contributed by atoms with E-state index >= 15 is 0 Å². The monoisotopic (exact) mass is 229 g/mol. The highest BCUT2D eigenvalue weighted by Crippen LogP contribution is 2.03. The SMILES string of the molecule is CCCCC(NC(C)=O)C(=O)N(CC)NC. The van der Waals surface area contributed by atoms with Gasteiger partial charge in [-0.3, -0.25) is 14.6 Å². The van der Waals surface area contributed by atoms with Gasteiger partial charge < -0.3 is 5.32 Å². The molecular weight excluding hydrogens is 206 g/mol. The Bertz CT molecular complexity index is 227. The van der Waals surface area contributed by atoms with E-state index < -0.39 is 6.04 Å². The summed E-state index contributed by atoms with van der Waals surface area (Å²) in [6, 6.07) is -0.412. The van der Waals surface area contributed by atoms with Crippen LogP contribution >= 0.6 is 0 Å². The Balaban J connectivity index is 4.46. The van der Waals surface area contributed by atoms with Crippen LogP contribution in [-0.4, -0.2) is 36.5 Å². The Morgan fingerprint density at radius 3 is 2.31 bits per heavy atom. The molecule has 94 valence electrons. The predicted molar refractivity (Wildman–Crippen MR) is 63.6 cm³/mol. The van der Waals surface area contributed by atoms with E-state index in [1.807, 2.05) is 6.92 Å². The van der Waals surface area contributed by atoms with E-state index in [1.54, 1.807) is 7.05 Å². The number of likely N-dealkylation sites (N-methyl/N-ethyl adjacent to an activating group) is 1. The first-order chi connectivity index (χ1) is 7.56. The second kappa shape index (κ2) is 8.10. The van der Waals surface area contributed by atoms with Crippen molar-refractivity contribution in [2.24, 2.45) is 0 Å². The van der Waals surface area contributed by atoms with E-state index in [0.717, 1.165) is 12.8 Å². The van der Waals surface area contributed by atoms with E-state index in [1.165, 1.54) is 11.9 Å².